The van der Waals surface area contributed by atoms with Gasteiger partial charge in [-0.1, -0.05) is 6.92 Å². The van der Waals surface area contributed by atoms with Gasteiger partial charge in [0.15, 0.2) is 5.13 Å². The number of likely N-dealkylation sites (tertiary alicyclic amines) is 1. The number of rotatable bonds is 7. The minimum Gasteiger partial charge on any atom is -0.389 e. The molecule has 6 rings (SSSR count). The Kier molecular flexibility index (Phi) is 7.20. The lowest BCUT2D eigenvalue weighted by molar-refractivity contribution is -0.142. The molecule has 0 atom stereocenters. The van der Waals surface area contributed by atoms with E-state index in [0.717, 1.165) is 71.7 Å². The molecule has 210 valence electrons. The summed E-state index contributed by atoms with van der Waals surface area (Å²) in [5.74, 6) is 0.833. The standard InChI is InChI=1S/C29H34FN7O2S/c1-4-23-28(33(3)29-32-24(18-40-29)20-5-7-21(30)8-6-20)37-10-9-25(19(2)27(37)31-23)35-13-11-34(12-14-35)17-26(39)36-15-22(38)16-36/h5-10,18,22,38H,4,11-17H2,1-3H3. The number of benzene rings is 1. The van der Waals surface area contributed by atoms with Crippen LogP contribution in [0.1, 0.15) is 18.2 Å². The van der Waals surface area contributed by atoms with E-state index in [1.807, 2.05) is 12.4 Å². The minimum atomic E-state index is -0.365. The van der Waals surface area contributed by atoms with Crippen molar-refractivity contribution in [2.75, 3.05) is 62.7 Å². The third-order valence-corrected chi connectivity index (χ3v) is 8.83. The van der Waals surface area contributed by atoms with Crippen LogP contribution in [0, 0.1) is 12.7 Å². The fourth-order valence-corrected chi connectivity index (χ4v) is 6.36. The van der Waals surface area contributed by atoms with Gasteiger partial charge in [0.05, 0.1) is 24.0 Å². The van der Waals surface area contributed by atoms with Crippen LogP contribution in [0.4, 0.5) is 21.0 Å². The molecule has 9 nitrogen and oxygen atoms in total. The average Bonchev–Trinajstić information content (AvgIpc) is 3.58. The smallest absolute Gasteiger partial charge is 0.236 e. The van der Waals surface area contributed by atoms with Crippen molar-refractivity contribution < 1.29 is 14.3 Å². The first-order valence-electron chi connectivity index (χ1n) is 13.7. The SMILES string of the molecule is CCc1nc2c(C)c(N3CCN(CC(=O)N4CC(O)C4)CC3)ccn2c1N(C)c1nc(-c2ccc(F)cc2)cs1. The number of hydrogen-bond donors (Lipinski definition) is 1. The molecule has 0 bridgehead atoms. The number of amides is 1. The number of aromatic nitrogens is 3. The van der Waals surface area contributed by atoms with Crippen molar-refractivity contribution in [3.8, 4) is 11.3 Å². The number of carbonyl (C=O) groups is 1. The topological polar surface area (TPSA) is 80.5 Å². The Hall–Kier alpha value is -3.54. The van der Waals surface area contributed by atoms with Crippen molar-refractivity contribution in [1.82, 2.24) is 24.2 Å². The molecule has 11 heteroatoms. The second kappa shape index (κ2) is 10.8. The average molecular weight is 564 g/mol. The zero-order valence-corrected chi connectivity index (χ0v) is 23.9. The molecule has 1 amide bonds. The number of aryl methyl sites for hydroxylation is 2. The number of pyridine rings is 1. The third kappa shape index (κ3) is 4.93. The molecule has 2 aliphatic heterocycles. The van der Waals surface area contributed by atoms with Crippen LogP contribution in [0.3, 0.4) is 0 Å². The van der Waals surface area contributed by atoms with Gasteiger partial charge in [-0.3, -0.25) is 14.1 Å². The summed E-state index contributed by atoms with van der Waals surface area (Å²) in [7, 11) is 2.01. The highest BCUT2D eigenvalue weighted by atomic mass is 32.1. The van der Waals surface area contributed by atoms with Crippen molar-refractivity contribution in [3.63, 3.8) is 0 Å². The fourth-order valence-electron chi connectivity index (χ4n) is 5.56. The van der Waals surface area contributed by atoms with E-state index in [-0.39, 0.29) is 17.8 Å². The number of aliphatic hydroxyl groups excluding tert-OH is 1. The summed E-state index contributed by atoms with van der Waals surface area (Å²) < 4.78 is 15.5. The summed E-state index contributed by atoms with van der Waals surface area (Å²) in [6.45, 7) is 8.87. The zero-order chi connectivity index (χ0) is 28.0. The van der Waals surface area contributed by atoms with E-state index in [9.17, 15) is 14.3 Å². The predicted octanol–water partition coefficient (Wildman–Crippen LogP) is 3.56. The van der Waals surface area contributed by atoms with Crippen LogP contribution < -0.4 is 9.80 Å². The lowest BCUT2D eigenvalue weighted by atomic mass is 10.1. The number of imidazole rings is 1. The fraction of sp³-hybridized carbons (Fsp3) is 0.414. The van der Waals surface area contributed by atoms with Crippen LogP contribution in [-0.2, 0) is 11.2 Å². The zero-order valence-electron chi connectivity index (χ0n) is 23.0. The van der Waals surface area contributed by atoms with Gasteiger partial charge in [-0.2, -0.15) is 0 Å². The van der Waals surface area contributed by atoms with Crippen molar-refractivity contribution in [1.29, 1.82) is 0 Å². The molecular formula is C29H34FN7O2S. The second-order valence-corrected chi connectivity index (χ2v) is 11.4. The predicted molar refractivity (Wildman–Crippen MR) is 156 cm³/mol. The van der Waals surface area contributed by atoms with Crippen LogP contribution in [0.25, 0.3) is 16.9 Å². The number of thiazole rings is 1. The molecule has 2 aliphatic rings. The summed E-state index contributed by atoms with van der Waals surface area (Å²) >= 11 is 1.55. The molecule has 2 saturated heterocycles. The molecule has 40 heavy (non-hydrogen) atoms. The van der Waals surface area contributed by atoms with E-state index in [4.69, 9.17) is 9.97 Å². The molecule has 1 N–H and O–H groups in total. The van der Waals surface area contributed by atoms with Crippen LogP contribution >= 0.6 is 11.3 Å². The lowest BCUT2D eigenvalue weighted by Crippen LogP contribution is -2.57. The van der Waals surface area contributed by atoms with Crippen molar-refractivity contribution in [2.45, 2.75) is 26.4 Å². The molecule has 1 aromatic carbocycles. The Bertz CT molecular complexity index is 1520. The molecule has 0 unspecified atom stereocenters. The number of halogens is 1. The first-order valence-corrected chi connectivity index (χ1v) is 14.6. The lowest BCUT2D eigenvalue weighted by Gasteiger charge is -2.40. The van der Waals surface area contributed by atoms with Crippen LogP contribution in [0.2, 0.25) is 0 Å². The van der Waals surface area contributed by atoms with Gasteiger partial charge in [-0.25, -0.2) is 14.4 Å². The van der Waals surface area contributed by atoms with E-state index < -0.39 is 0 Å². The number of β-amino-alcohol motifs (C(OH)–C–C–N with tert-alkyl or cyclic N) is 1. The highest BCUT2D eigenvalue weighted by Crippen LogP contribution is 2.35. The van der Waals surface area contributed by atoms with Crippen molar-refractivity contribution in [3.05, 3.63) is 59.0 Å². The monoisotopic (exact) mass is 563 g/mol. The number of anilines is 3. The van der Waals surface area contributed by atoms with E-state index in [0.29, 0.717) is 19.6 Å². The second-order valence-electron chi connectivity index (χ2n) is 10.6. The van der Waals surface area contributed by atoms with Crippen LogP contribution in [0.15, 0.2) is 41.9 Å². The highest BCUT2D eigenvalue weighted by molar-refractivity contribution is 7.14. The maximum Gasteiger partial charge on any atom is 0.236 e. The number of nitrogens with zero attached hydrogens (tertiary/aromatic N) is 7. The van der Waals surface area contributed by atoms with Crippen molar-refractivity contribution >= 4 is 39.5 Å². The third-order valence-electron chi connectivity index (χ3n) is 7.91. The first-order chi connectivity index (χ1) is 19.3. The number of hydrogen-bond acceptors (Lipinski definition) is 8. The number of fused-ring (bicyclic) bond motifs is 1. The Morgan fingerprint density at radius 2 is 1.85 bits per heavy atom. The Morgan fingerprint density at radius 3 is 2.52 bits per heavy atom. The Labute approximate surface area is 237 Å². The highest BCUT2D eigenvalue weighted by Gasteiger charge is 2.30. The maximum atomic E-state index is 13.4. The molecule has 3 aromatic heterocycles. The quantitative estimate of drug-likeness (QED) is 0.368. The summed E-state index contributed by atoms with van der Waals surface area (Å²) in [5.41, 5.74) is 5.93. The minimum absolute atomic E-state index is 0.0995. The Balaban J connectivity index is 1.20. The van der Waals surface area contributed by atoms with Crippen LogP contribution in [0.5, 0.6) is 0 Å². The van der Waals surface area contributed by atoms with E-state index >= 15 is 0 Å². The van der Waals surface area contributed by atoms with Gasteiger partial charge in [0.2, 0.25) is 5.91 Å². The van der Waals surface area contributed by atoms with Gasteiger partial charge >= 0.3 is 0 Å². The summed E-state index contributed by atoms with van der Waals surface area (Å²) in [4.78, 5) is 30.7. The molecule has 0 radical (unpaired) electrons. The van der Waals surface area contributed by atoms with E-state index in [2.05, 4.69) is 45.2 Å². The number of aliphatic hydroxyl groups is 1. The molecule has 2 fully saturated rings. The van der Waals surface area contributed by atoms with Gasteiger partial charge in [-0.05, 0) is 43.7 Å². The maximum absolute atomic E-state index is 13.4. The van der Waals surface area contributed by atoms with Gasteiger partial charge in [0.1, 0.15) is 17.3 Å². The molecule has 5 heterocycles. The van der Waals surface area contributed by atoms with Gasteiger partial charge in [0, 0.05) is 74.7 Å². The Morgan fingerprint density at radius 1 is 1.12 bits per heavy atom. The molecule has 0 aliphatic carbocycles. The van der Waals surface area contributed by atoms with E-state index in [1.54, 1.807) is 28.4 Å². The van der Waals surface area contributed by atoms with Gasteiger partial charge < -0.3 is 19.8 Å². The van der Waals surface area contributed by atoms with Gasteiger partial charge in [0.25, 0.3) is 0 Å². The van der Waals surface area contributed by atoms with E-state index in [1.165, 1.54) is 17.8 Å². The van der Waals surface area contributed by atoms with Crippen molar-refractivity contribution in [2.24, 2.45) is 0 Å². The molecule has 0 spiro atoms. The summed E-state index contributed by atoms with van der Waals surface area (Å²) in [6.07, 6.45) is 2.51. The molecular weight excluding hydrogens is 529 g/mol. The molecule has 0 saturated carbocycles. The molecule has 4 aromatic rings. The van der Waals surface area contributed by atoms with Crippen LogP contribution in [-0.4, -0.2) is 94.1 Å². The van der Waals surface area contributed by atoms with Gasteiger partial charge in [-0.15, -0.1) is 11.3 Å². The number of carbonyl (C=O) groups excluding carboxylic acids is 1. The first kappa shape index (κ1) is 26.7. The normalized spacial score (nSPS) is 16.5. The summed E-state index contributed by atoms with van der Waals surface area (Å²) in [6, 6.07) is 8.57. The summed E-state index contributed by atoms with van der Waals surface area (Å²) in [5, 5.41) is 12.3. The largest absolute Gasteiger partial charge is 0.389 e. The number of piperazine rings is 1.